The van der Waals surface area contributed by atoms with Crippen molar-refractivity contribution in [3.8, 4) is 11.6 Å². The van der Waals surface area contributed by atoms with Crippen LogP contribution < -0.4 is 4.74 Å². The Morgan fingerprint density at radius 2 is 1.80 bits per heavy atom. The van der Waals surface area contributed by atoms with Gasteiger partial charge in [-0.15, -0.1) is 0 Å². The molecule has 3 nitrogen and oxygen atoms in total. The molecule has 128 valence electrons. The highest BCUT2D eigenvalue weighted by molar-refractivity contribution is 7.98. The highest BCUT2D eigenvalue weighted by atomic mass is 32.2. The zero-order chi connectivity index (χ0) is 17.8. The Kier molecular flexibility index (Phi) is 5.28. The Labute approximate surface area is 149 Å². The topological polar surface area (TPSA) is 35.0 Å². The molecular weight excluding hydrogens is 342 g/mol. The summed E-state index contributed by atoms with van der Waals surface area (Å²) < 4.78 is 32.0. The molecule has 0 aliphatic heterocycles. The molecule has 0 spiro atoms. The van der Waals surface area contributed by atoms with Gasteiger partial charge in [-0.3, -0.25) is 0 Å². The lowest BCUT2D eigenvalue weighted by Gasteiger charge is -2.08. The second-order valence-corrected chi connectivity index (χ2v) is 6.53. The first-order valence-corrected chi connectivity index (χ1v) is 8.65. The second-order valence-electron chi connectivity index (χ2n) is 5.59. The predicted octanol–water partition coefficient (Wildman–Crippen LogP) is 5.46. The van der Waals surface area contributed by atoms with Crippen molar-refractivity contribution in [3.05, 3.63) is 77.0 Å². The van der Waals surface area contributed by atoms with Crippen molar-refractivity contribution >= 4 is 11.8 Å². The minimum absolute atomic E-state index is 0.435. The molecule has 0 saturated carbocycles. The number of hydrogen-bond donors (Lipinski definition) is 0. The van der Waals surface area contributed by atoms with Crippen molar-refractivity contribution in [1.82, 2.24) is 9.97 Å². The van der Waals surface area contributed by atoms with Gasteiger partial charge in [0.1, 0.15) is 5.75 Å². The van der Waals surface area contributed by atoms with Crippen molar-refractivity contribution in [3.63, 3.8) is 0 Å². The van der Waals surface area contributed by atoms with E-state index in [1.165, 1.54) is 17.8 Å². The van der Waals surface area contributed by atoms with Crippen LogP contribution in [0.5, 0.6) is 11.6 Å². The zero-order valence-corrected chi connectivity index (χ0v) is 14.6. The van der Waals surface area contributed by atoms with Crippen molar-refractivity contribution in [1.29, 1.82) is 0 Å². The minimum Gasteiger partial charge on any atom is -0.439 e. The number of thioether (sulfide) groups is 1. The molecule has 0 saturated heterocycles. The van der Waals surface area contributed by atoms with E-state index in [1.807, 2.05) is 38.1 Å². The van der Waals surface area contributed by atoms with E-state index in [1.54, 1.807) is 12.1 Å². The second kappa shape index (κ2) is 7.61. The molecule has 0 radical (unpaired) electrons. The van der Waals surface area contributed by atoms with Gasteiger partial charge in [0, 0.05) is 17.5 Å². The lowest BCUT2D eigenvalue weighted by molar-refractivity contribution is 0.454. The van der Waals surface area contributed by atoms with Crippen LogP contribution in [0.25, 0.3) is 0 Å². The first-order chi connectivity index (χ1) is 12.0. The summed E-state index contributed by atoms with van der Waals surface area (Å²) >= 11 is 1.34. The largest absolute Gasteiger partial charge is 0.439 e. The van der Waals surface area contributed by atoms with Crippen molar-refractivity contribution in [2.24, 2.45) is 0 Å². The van der Waals surface area contributed by atoms with Crippen LogP contribution in [-0.2, 0) is 5.75 Å². The molecule has 3 aromatic rings. The van der Waals surface area contributed by atoms with Gasteiger partial charge in [0.05, 0.1) is 0 Å². The van der Waals surface area contributed by atoms with Gasteiger partial charge in [-0.05, 0) is 49.2 Å². The number of aryl methyl sites for hydroxylation is 2. The fraction of sp³-hybridized carbons (Fsp3) is 0.158. The standard InChI is InChI=1S/C19H16F2N2OS/c1-12-4-3-5-15(8-12)24-18-9-13(2)22-19(23-18)25-11-14-6-7-16(20)17(21)10-14/h3-10H,11H2,1-2H3. The van der Waals surface area contributed by atoms with Crippen molar-refractivity contribution < 1.29 is 13.5 Å². The van der Waals surface area contributed by atoms with Crippen LogP contribution in [0.3, 0.4) is 0 Å². The van der Waals surface area contributed by atoms with E-state index in [2.05, 4.69) is 9.97 Å². The first kappa shape index (κ1) is 17.4. The van der Waals surface area contributed by atoms with Gasteiger partial charge in [-0.2, -0.15) is 4.98 Å². The Morgan fingerprint density at radius 1 is 0.960 bits per heavy atom. The Balaban J connectivity index is 1.73. The summed E-state index contributed by atoms with van der Waals surface area (Å²) in [5, 5.41) is 0.521. The van der Waals surface area contributed by atoms with E-state index >= 15 is 0 Å². The normalized spacial score (nSPS) is 10.7. The maximum Gasteiger partial charge on any atom is 0.223 e. The third kappa shape index (κ3) is 4.76. The Morgan fingerprint density at radius 3 is 2.56 bits per heavy atom. The van der Waals surface area contributed by atoms with Gasteiger partial charge >= 0.3 is 0 Å². The van der Waals surface area contributed by atoms with Crippen LogP contribution in [-0.4, -0.2) is 9.97 Å². The number of aromatic nitrogens is 2. The lowest BCUT2D eigenvalue weighted by Crippen LogP contribution is -1.96. The van der Waals surface area contributed by atoms with Crippen LogP contribution >= 0.6 is 11.8 Å². The average Bonchev–Trinajstić information content (AvgIpc) is 2.55. The summed E-state index contributed by atoms with van der Waals surface area (Å²) in [6.45, 7) is 3.84. The molecule has 0 N–H and O–H groups in total. The highest BCUT2D eigenvalue weighted by Gasteiger charge is 2.08. The minimum atomic E-state index is -0.855. The van der Waals surface area contributed by atoms with E-state index in [9.17, 15) is 8.78 Å². The van der Waals surface area contributed by atoms with Crippen LogP contribution in [0.2, 0.25) is 0 Å². The number of benzene rings is 2. The summed E-state index contributed by atoms with van der Waals surface area (Å²) in [5.74, 6) is -0.119. The number of nitrogens with zero attached hydrogens (tertiary/aromatic N) is 2. The number of ether oxygens (including phenoxy) is 1. The molecular formula is C19H16F2N2OS. The quantitative estimate of drug-likeness (QED) is 0.448. The predicted molar refractivity (Wildman–Crippen MR) is 93.9 cm³/mol. The molecule has 2 aromatic carbocycles. The van der Waals surface area contributed by atoms with Crippen LogP contribution in [0.4, 0.5) is 8.78 Å². The number of halogens is 2. The van der Waals surface area contributed by atoms with Crippen molar-refractivity contribution in [2.45, 2.75) is 24.8 Å². The molecule has 0 unspecified atom stereocenters. The molecule has 0 aliphatic carbocycles. The van der Waals surface area contributed by atoms with Gasteiger partial charge < -0.3 is 4.74 Å². The molecule has 25 heavy (non-hydrogen) atoms. The molecule has 3 rings (SSSR count). The summed E-state index contributed by atoms with van der Waals surface area (Å²) in [7, 11) is 0. The van der Waals surface area contributed by atoms with E-state index in [0.717, 1.165) is 17.3 Å². The highest BCUT2D eigenvalue weighted by Crippen LogP contribution is 2.26. The first-order valence-electron chi connectivity index (χ1n) is 7.66. The van der Waals surface area contributed by atoms with Crippen LogP contribution in [0.15, 0.2) is 53.7 Å². The Bertz CT molecular complexity index is 902. The molecule has 0 atom stereocenters. The Hall–Kier alpha value is -2.47. The van der Waals surface area contributed by atoms with Gasteiger partial charge in [-0.1, -0.05) is 30.0 Å². The summed E-state index contributed by atoms with van der Waals surface area (Å²) in [6.07, 6.45) is 0. The average molecular weight is 358 g/mol. The van der Waals surface area contributed by atoms with Crippen LogP contribution in [0.1, 0.15) is 16.8 Å². The third-order valence-corrected chi connectivity index (χ3v) is 4.29. The monoisotopic (exact) mass is 358 g/mol. The van der Waals surface area contributed by atoms with E-state index < -0.39 is 11.6 Å². The zero-order valence-electron chi connectivity index (χ0n) is 13.8. The van der Waals surface area contributed by atoms with Crippen LogP contribution in [0, 0.1) is 25.5 Å². The molecule has 0 aliphatic rings. The van der Waals surface area contributed by atoms with E-state index in [-0.39, 0.29) is 0 Å². The van der Waals surface area contributed by atoms with E-state index in [0.29, 0.717) is 28.1 Å². The van der Waals surface area contributed by atoms with Gasteiger partial charge in [0.2, 0.25) is 5.88 Å². The summed E-state index contributed by atoms with van der Waals surface area (Å²) in [4.78, 5) is 8.73. The number of rotatable bonds is 5. The maximum atomic E-state index is 13.3. The maximum absolute atomic E-state index is 13.3. The molecule has 1 aromatic heterocycles. The molecule has 6 heteroatoms. The van der Waals surface area contributed by atoms with Gasteiger partial charge in [-0.25, -0.2) is 13.8 Å². The SMILES string of the molecule is Cc1cccc(Oc2cc(C)nc(SCc3ccc(F)c(F)c3)n2)c1. The molecule has 0 amide bonds. The summed E-state index contributed by atoms with van der Waals surface area (Å²) in [6, 6.07) is 13.3. The van der Waals surface area contributed by atoms with Crippen molar-refractivity contribution in [2.75, 3.05) is 0 Å². The fourth-order valence-corrected chi connectivity index (χ4v) is 3.05. The van der Waals surface area contributed by atoms with E-state index in [4.69, 9.17) is 4.74 Å². The third-order valence-electron chi connectivity index (χ3n) is 3.37. The molecule has 1 heterocycles. The number of hydrogen-bond acceptors (Lipinski definition) is 4. The van der Waals surface area contributed by atoms with Gasteiger partial charge in [0.15, 0.2) is 16.8 Å². The summed E-state index contributed by atoms with van der Waals surface area (Å²) in [5.41, 5.74) is 2.52. The lowest BCUT2D eigenvalue weighted by atomic mass is 10.2. The fourth-order valence-electron chi connectivity index (χ4n) is 2.21. The molecule has 0 bridgehead atoms. The smallest absolute Gasteiger partial charge is 0.223 e. The molecule has 0 fully saturated rings. The van der Waals surface area contributed by atoms with Gasteiger partial charge in [0.25, 0.3) is 0 Å².